The van der Waals surface area contributed by atoms with E-state index in [-0.39, 0.29) is 5.69 Å². The van der Waals surface area contributed by atoms with E-state index < -0.39 is 4.92 Å². The molecule has 0 atom stereocenters. The summed E-state index contributed by atoms with van der Waals surface area (Å²) in [4.78, 5) is 20.0. The number of benzene rings is 1. The maximum absolute atomic E-state index is 10.3. The van der Waals surface area contributed by atoms with E-state index >= 15 is 0 Å². The third kappa shape index (κ3) is 2.52. The van der Waals surface area contributed by atoms with Crippen molar-refractivity contribution in [3.8, 4) is 0 Å². The van der Waals surface area contributed by atoms with Gasteiger partial charge in [0.15, 0.2) is 0 Å². The number of hydrogen-bond acceptors (Lipinski definition) is 3. The van der Waals surface area contributed by atoms with Crippen molar-refractivity contribution >= 4 is 12.0 Å². The average Bonchev–Trinajstić information content (AvgIpc) is 2.18. The van der Waals surface area contributed by atoms with Gasteiger partial charge in [0.05, 0.1) is 4.92 Å². The second-order valence-electron chi connectivity index (χ2n) is 2.81. The van der Waals surface area contributed by atoms with E-state index in [4.69, 9.17) is 0 Å². The van der Waals surface area contributed by atoms with Crippen LogP contribution in [0.3, 0.4) is 0 Å². The second kappa shape index (κ2) is 4.32. The Kier molecular flexibility index (Phi) is 3.12. The molecule has 0 unspecified atom stereocenters. The van der Waals surface area contributed by atoms with Gasteiger partial charge in [0, 0.05) is 24.1 Å². The summed E-state index contributed by atoms with van der Waals surface area (Å²) in [5, 5.41) is 10.3. The van der Waals surface area contributed by atoms with Crippen molar-refractivity contribution in [1.82, 2.24) is 0 Å². The van der Waals surface area contributed by atoms with E-state index in [1.54, 1.807) is 18.4 Å². The lowest BCUT2D eigenvalue weighted by Gasteiger charge is -1.97. The number of nitro benzene ring substituents is 1. The Bertz CT molecular complexity index is 367. The summed E-state index contributed by atoms with van der Waals surface area (Å²) in [5.41, 5.74) is 1.18. The third-order valence-corrected chi connectivity index (χ3v) is 1.71. The van der Waals surface area contributed by atoms with Crippen LogP contribution in [0.5, 0.6) is 0 Å². The predicted octanol–water partition coefficient (Wildman–Crippen LogP) is 1.80. The molecule has 1 rings (SSSR count). The topological polar surface area (TPSA) is 60.2 Å². The molecule has 71 valence electrons. The molecule has 0 heterocycles. The highest BCUT2D eigenvalue weighted by molar-refractivity contribution is 5.73. The van der Waals surface area contributed by atoms with Gasteiger partial charge in [-0.05, 0) is 5.56 Å². The van der Waals surface area contributed by atoms with Crippen LogP contribution in [0.2, 0.25) is 0 Å². The van der Waals surface area contributed by atoms with E-state index in [0.29, 0.717) is 12.0 Å². The first-order chi connectivity index (χ1) is 6.63. The summed E-state index contributed by atoms with van der Waals surface area (Å²) in [6, 6.07) is 5.99. The number of allylic oxidation sites excluding steroid dienone is 1. The fourth-order valence-corrected chi connectivity index (χ4v) is 1.02. The van der Waals surface area contributed by atoms with Gasteiger partial charge in [0.2, 0.25) is 6.29 Å². The molecule has 0 saturated heterocycles. The van der Waals surface area contributed by atoms with Crippen LogP contribution >= 0.6 is 0 Å². The molecule has 0 aromatic heterocycles. The Labute approximate surface area is 81.0 Å². The SMILES string of the molecule is C=C([C]=O)Cc1ccc([N+](=O)[O-])cc1. The Morgan fingerprint density at radius 1 is 1.43 bits per heavy atom. The van der Waals surface area contributed by atoms with Gasteiger partial charge in [0.1, 0.15) is 0 Å². The van der Waals surface area contributed by atoms with E-state index in [1.165, 1.54) is 12.1 Å². The average molecular weight is 190 g/mol. The van der Waals surface area contributed by atoms with Gasteiger partial charge in [-0.3, -0.25) is 14.9 Å². The molecule has 0 aliphatic carbocycles. The zero-order chi connectivity index (χ0) is 10.6. The molecule has 1 radical (unpaired) electrons. The van der Waals surface area contributed by atoms with E-state index in [0.717, 1.165) is 5.56 Å². The van der Waals surface area contributed by atoms with E-state index in [2.05, 4.69) is 6.58 Å². The minimum atomic E-state index is -0.468. The summed E-state index contributed by atoms with van der Waals surface area (Å²) < 4.78 is 0. The van der Waals surface area contributed by atoms with Crippen molar-refractivity contribution in [3.05, 3.63) is 52.1 Å². The van der Waals surface area contributed by atoms with Gasteiger partial charge >= 0.3 is 0 Å². The first-order valence-corrected chi connectivity index (χ1v) is 3.92. The maximum Gasteiger partial charge on any atom is 0.269 e. The van der Waals surface area contributed by atoms with Crippen LogP contribution in [-0.4, -0.2) is 11.2 Å². The summed E-state index contributed by atoms with van der Waals surface area (Å²) in [6.07, 6.45) is 2.05. The molecule has 0 fully saturated rings. The largest absolute Gasteiger partial charge is 0.285 e. The zero-order valence-corrected chi connectivity index (χ0v) is 7.40. The molecule has 4 heteroatoms. The van der Waals surface area contributed by atoms with Crippen molar-refractivity contribution in [2.75, 3.05) is 0 Å². The van der Waals surface area contributed by atoms with Crippen LogP contribution in [-0.2, 0) is 11.2 Å². The molecule has 0 N–H and O–H groups in total. The van der Waals surface area contributed by atoms with Crippen molar-refractivity contribution < 1.29 is 9.72 Å². The molecule has 1 aromatic rings. The summed E-state index contributed by atoms with van der Waals surface area (Å²) >= 11 is 0. The minimum Gasteiger partial charge on any atom is -0.285 e. The van der Waals surface area contributed by atoms with Gasteiger partial charge in [-0.1, -0.05) is 18.7 Å². The van der Waals surface area contributed by atoms with Crippen LogP contribution < -0.4 is 0 Å². The number of nitrogens with zero attached hydrogens (tertiary/aromatic N) is 1. The van der Waals surface area contributed by atoms with E-state index in [1.807, 2.05) is 0 Å². The maximum atomic E-state index is 10.3. The van der Waals surface area contributed by atoms with Crippen LogP contribution in [0.4, 0.5) is 5.69 Å². The van der Waals surface area contributed by atoms with Gasteiger partial charge in [0.25, 0.3) is 5.69 Å². The number of carbonyl (C=O) groups excluding carboxylic acids is 1. The predicted molar refractivity (Wildman–Crippen MR) is 51.6 cm³/mol. The molecule has 0 spiro atoms. The van der Waals surface area contributed by atoms with E-state index in [9.17, 15) is 14.9 Å². The van der Waals surface area contributed by atoms with Crippen molar-refractivity contribution in [3.63, 3.8) is 0 Å². The molecule has 0 saturated carbocycles. The highest BCUT2D eigenvalue weighted by Crippen LogP contribution is 2.13. The van der Waals surface area contributed by atoms with Crippen LogP contribution in [0.1, 0.15) is 5.56 Å². The van der Waals surface area contributed by atoms with Gasteiger partial charge in [-0.25, -0.2) is 0 Å². The standard InChI is InChI=1S/C10H8NO3/c1-8(7-12)6-9-2-4-10(5-3-9)11(13)14/h2-5H,1,6H2. The second-order valence-corrected chi connectivity index (χ2v) is 2.81. The number of hydrogen-bond donors (Lipinski definition) is 0. The van der Waals surface area contributed by atoms with Gasteiger partial charge in [-0.2, -0.15) is 0 Å². The summed E-state index contributed by atoms with van der Waals surface area (Å²) in [6.45, 7) is 3.47. The molecule has 1 aromatic carbocycles. The molecule has 0 bridgehead atoms. The molecule has 0 aliphatic rings. The Morgan fingerprint density at radius 2 is 2.00 bits per heavy atom. The number of non-ortho nitro benzene ring substituents is 1. The smallest absolute Gasteiger partial charge is 0.269 e. The highest BCUT2D eigenvalue weighted by atomic mass is 16.6. The quantitative estimate of drug-likeness (QED) is 0.413. The molecule has 0 amide bonds. The Hall–Kier alpha value is -1.97. The van der Waals surface area contributed by atoms with Gasteiger partial charge in [-0.15, -0.1) is 0 Å². The lowest BCUT2D eigenvalue weighted by Crippen LogP contribution is -1.91. The van der Waals surface area contributed by atoms with Crippen molar-refractivity contribution in [2.24, 2.45) is 0 Å². The van der Waals surface area contributed by atoms with Crippen molar-refractivity contribution in [1.29, 1.82) is 0 Å². The highest BCUT2D eigenvalue weighted by Gasteiger charge is 2.04. The Balaban J connectivity index is 2.78. The fraction of sp³-hybridized carbons (Fsp3) is 0.100. The number of rotatable bonds is 4. The van der Waals surface area contributed by atoms with Crippen LogP contribution in [0.15, 0.2) is 36.4 Å². The Morgan fingerprint density at radius 3 is 2.43 bits per heavy atom. The summed E-state index contributed by atoms with van der Waals surface area (Å²) in [7, 11) is 0. The van der Waals surface area contributed by atoms with Crippen LogP contribution in [0.25, 0.3) is 0 Å². The molecular weight excluding hydrogens is 182 g/mol. The monoisotopic (exact) mass is 190 g/mol. The lowest BCUT2D eigenvalue weighted by atomic mass is 10.1. The lowest BCUT2D eigenvalue weighted by molar-refractivity contribution is -0.384. The zero-order valence-electron chi connectivity index (χ0n) is 7.40. The third-order valence-electron chi connectivity index (χ3n) is 1.71. The van der Waals surface area contributed by atoms with Crippen molar-refractivity contribution in [2.45, 2.75) is 6.42 Å². The van der Waals surface area contributed by atoms with Gasteiger partial charge < -0.3 is 0 Å². The number of nitro groups is 1. The molecular formula is C10H8NO3. The van der Waals surface area contributed by atoms with Crippen LogP contribution in [0, 0.1) is 10.1 Å². The first kappa shape index (κ1) is 10.1. The molecule has 0 aliphatic heterocycles. The minimum absolute atomic E-state index is 0.0365. The first-order valence-electron chi connectivity index (χ1n) is 3.92. The molecule has 4 nitrogen and oxygen atoms in total. The molecule has 14 heavy (non-hydrogen) atoms. The summed E-state index contributed by atoms with van der Waals surface area (Å²) in [5.74, 6) is 0. The normalized spacial score (nSPS) is 9.43. The fourth-order valence-electron chi connectivity index (χ4n) is 1.02.